The molecule has 1 N–H and O–H groups in total. The lowest BCUT2D eigenvalue weighted by Crippen LogP contribution is -2.31. The zero-order valence-corrected chi connectivity index (χ0v) is 10.2. The molecular weight excluding hydrogens is 281 g/mol. The van der Waals surface area contributed by atoms with E-state index in [0.717, 1.165) is 0 Å². The molecule has 0 aromatic heterocycles. The fourth-order valence-electron chi connectivity index (χ4n) is 1.55. The molecular formula is C9H14INO2. The molecule has 0 saturated carbocycles. The van der Waals surface area contributed by atoms with Crippen molar-refractivity contribution in [3.63, 3.8) is 0 Å². The van der Waals surface area contributed by atoms with Gasteiger partial charge in [-0.05, 0) is 40.0 Å². The second kappa shape index (κ2) is 4.30. The fourth-order valence-corrected chi connectivity index (χ4v) is 2.11. The summed E-state index contributed by atoms with van der Waals surface area (Å²) >= 11 is 2.26. The van der Waals surface area contributed by atoms with Crippen LogP contribution in [0.5, 0.6) is 0 Å². The molecule has 1 rings (SSSR count). The number of hydrogen-bond donors (Lipinski definition) is 1. The van der Waals surface area contributed by atoms with Gasteiger partial charge in [-0.2, -0.15) is 0 Å². The Bertz CT molecular complexity index is 236. The first-order valence-corrected chi connectivity index (χ1v) is 5.39. The van der Waals surface area contributed by atoms with Gasteiger partial charge in [0, 0.05) is 5.92 Å². The number of ether oxygens (including phenoxy) is 1. The van der Waals surface area contributed by atoms with E-state index in [-0.39, 0.29) is 24.2 Å². The zero-order chi connectivity index (χ0) is 10.0. The number of nitrogens with one attached hydrogen (secondary N) is 1. The molecule has 1 fully saturated rings. The first-order valence-electron chi connectivity index (χ1n) is 4.31. The first-order chi connectivity index (χ1) is 6.00. The average Bonchev–Trinajstić information content (AvgIpc) is 2.28. The summed E-state index contributed by atoms with van der Waals surface area (Å²) in [7, 11) is 0. The van der Waals surface area contributed by atoms with E-state index in [4.69, 9.17) is 4.74 Å². The summed E-state index contributed by atoms with van der Waals surface area (Å²) in [5.74, 6) is 0.269. The summed E-state index contributed by atoms with van der Waals surface area (Å²) in [4.78, 5) is 10.9. The Labute approximate surface area is 92.1 Å². The fraction of sp³-hybridized carbons (Fsp3) is 0.667. The summed E-state index contributed by atoms with van der Waals surface area (Å²) in [6.45, 7) is 6.05. The molecule has 1 heterocycles. The van der Waals surface area contributed by atoms with Crippen molar-refractivity contribution in [3.05, 3.63) is 9.66 Å². The van der Waals surface area contributed by atoms with Crippen molar-refractivity contribution in [2.24, 2.45) is 5.92 Å². The largest absolute Gasteiger partial charge is 0.443 e. The van der Waals surface area contributed by atoms with Gasteiger partial charge in [-0.3, -0.25) is 0 Å². The van der Waals surface area contributed by atoms with Gasteiger partial charge in [-0.15, -0.1) is 0 Å². The minimum absolute atomic E-state index is 0.0304. The zero-order valence-electron chi connectivity index (χ0n) is 8.00. The third-order valence-electron chi connectivity index (χ3n) is 2.09. The van der Waals surface area contributed by atoms with E-state index in [1.54, 1.807) is 0 Å². The summed E-state index contributed by atoms with van der Waals surface area (Å²) < 4.78 is 6.36. The molecule has 0 aliphatic carbocycles. The Hall–Kier alpha value is -0.260. The van der Waals surface area contributed by atoms with Crippen molar-refractivity contribution >= 4 is 28.7 Å². The van der Waals surface area contributed by atoms with Gasteiger partial charge in [-0.1, -0.05) is 13.0 Å². The first kappa shape index (κ1) is 10.8. The minimum Gasteiger partial charge on any atom is -0.443 e. The van der Waals surface area contributed by atoms with E-state index >= 15 is 0 Å². The lowest BCUT2D eigenvalue weighted by molar-refractivity contribution is 0.112. The maximum atomic E-state index is 10.9. The van der Waals surface area contributed by atoms with E-state index < -0.39 is 0 Å². The topological polar surface area (TPSA) is 38.3 Å². The van der Waals surface area contributed by atoms with E-state index in [9.17, 15) is 4.79 Å². The van der Waals surface area contributed by atoms with Crippen LogP contribution in [0.15, 0.2) is 9.66 Å². The highest BCUT2D eigenvalue weighted by Gasteiger charge is 2.33. The third-order valence-corrected chi connectivity index (χ3v) is 2.45. The number of carbonyl (C=O) groups excluding carboxylic acids is 1. The van der Waals surface area contributed by atoms with Gasteiger partial charge in [0.1, 0.15) is 6.10 Å². The van der Waals surface area contributed by atoms with E-state index in [1.165, 1.54) is 3.58 Å². The molecule has 3 nitrogen and oxygen atoms in total. The molecule has 4 heteroatoms. The van der Waals surface area contributed by atoms with Crippen LogP contribution in [-0.4, -0.2) is 18.2 Å². The summed E-state index contributed by atoms with van der Waals surface area (Å²) in [6.07, 6.45) is 1.78. The van der Waals surface area contributed by atoms with Crippen LogP contribution >= 0.6 is 22.6 Å². The average molecular weight is 295 g/mol. The van der Waals surface area contributed by atoms with Crippen LogP contribution in [0.3, 0.4) is 0 Å². The molecule has 0 aromatic rings. The molecule has 1 aliphatic rings. The Morgan fingerprint density at radius 2 is 2.38 bits per heavy atom. The van der Waals surface area contributed by atoms with Crippen molar-refractivity contribution < 1.29 is 9.53 Å². The molecule has 0 bridgehead atoms. The predicted molar refractivity (Wildman–Crippen MR) is 59.8 cm³/mol. The standard InChI is InChI=1S/C9H14INO2/c1-5(4-6(2)10)8-7(3)11-9(12)13-8/h4-5,7-8H,1-3H3,(H,11,12)/b6-4+/t5-,7-,8-/m1/s1. The number of allylic oxidation sites excluding steroid dienone is 1. The minimum atomic E-state index is -0.302. The van der Waals surface area contributed by atoms with Gasteiger partial charge in [0.2, 0.25) is 0 Å². The number of cyclic esters (lactones) is 1. The molecule has 13 heavy (non-hydrogen) atoms. The maximum absolute atomic E-state index is 10.9. The second-order valence-electron chi connectivity index (χ2n) is 3.42. The van der Waals surface area contributed by atoms with E-state index in [2.05, 4.69) is 40.9 Å². The molecule has 0 spiro atoms. The third kappa shape index (κ3) is 2.86. The lowest BCUT2D eigenvalue weighted by Gasteiger charge is -2.17. The Morgan fingerprint density at radius 1 is 1.77 bits per heavy atom. The lowest BCUT2D eigenvalue weighted by atomic mass is 9.99. The smallest absolute Gasteiger partial charge is 0.407 e. The highest BCUT2D eigenvalue weighted by atomic mass is 127. The normalized spacial score (nSPS) is 31.1. The molecule has 0 radical (unpaired) electrons. The Kier molecular flexibility index (Phi) is 3.58. The van der Waals surface area contributed by atoms with Crippen LogP contribution in [0.4, 0.5) is 4.79 Å². The predicted octanol–water partition coefficient (Wildman–Crippen LogP) is 2.46. The highest BCUT2D eigenvalue weighted by molar-refractivity contribution is 14.1. The van der Waals surface area contributed by atoms with Crippen LogP contribution < -0.4 is 5.32 Å². The number of amides is 1. The second-order valence-corrected chi connectivity index (χ2v) is 5.12. The van der Waals surface area contributed by atoms with Crippen molar-refractivity contribution in [2.45, 2.75) is 32.9 Å². The van der Waals surface area contributed by atoms with Crippen LogP contribution in [0, 0.1) is 5.92 Å². The van der Waals surface area contributed by atoms with E-state index in [1.807, 2.05) is 13.8 Å². The van der Waals surface area contributed by atoms with Crippen LogP contribution in [0.2, 0.25) is 0 Å². The van der Waals surface area contributed by atoms with Crippen molar-refractivity contribution in [1.82, 2.24) is 5.32 Å². The molecule has 1 saturated heterocycles. The Morgan fingerprint density at radius 3 is 2.77 bits per heavy atom. The number of carbonyl (C=O) groups is 1. The van der Waals surface area contributed by atoms with Crippen molar-refractivity contribution in [3.8, 4) is 0 Å². The van der Waals surface area contributed by atoms with Gasteiger partial charge in [0.15, 0.2) is 0 Å². The molecule has 1 aliphatic heterocycles. The Balaban J connectivity index is 2.62. The monoisotopic (exact) mass is 295 g/mol. The van der Waals surface area contributed by atoms with Crippen molar-refractivity contribution in [1.29, 1.82) is 0 Å². The summed E-state index contributed by atoms with van der Waals surface area (Å²) in [6, 6.07) is 0.106. The number of hydrogen-bond acceptors (Lipinski definition) is 2. The van der Waals surface area contributed by atoms with Gasteiger partial charge >= 0.3 is 6.09 Å². The molecule has 0 aromatic carbocycles. The number of rotatable bonds is 2. The molecule has 1 amide bonds. The maximum Gasteiger partial charge on any atom is 0.407 e. The van der Waals surface area contributed by atoms with Crippen LogP contribution in [-0.2, 0) is 4.74 Å². The van der Waals surface area contributed by atoms with Gasteiger partial charge < -0.3 is 10.1 Å². The van der Waals surface area contributed by atoms with Gasteiger partial charge in [-0.25, -0.2) is 4.79 Å². The van der Waals surface area contributed by atoms with Gasteiger partial charge in [0.25, 0.3) is 0 Å². The molecule has 0 unspecified atom stereocenters. The number of halogens is 1. The van der Waals surface area contributed by atoms with Gasteiger partial charge in [0.05, 0.1) is 6.04 Å². The SMILES string of the molecule is C/C(I)=C\[C@@H](C)[C@H]1OC(=O)N[C@@H]1C. The quantitative estimate of drug-likeness (QED) is 0.795. The summed E-state index contributed by atoms with van der Waals surface area (Å²) in [5, 5.41) is 2.73. The molecule has 74 valence electrons. The summed E-state index contributed by atoms with van der Waals surface area (Å²) in [5.41, 5.74) is 0. The van der Waals surface area contributed by atoms with Crippen LogP contribution in [0.25, 0.3) is 0 Å². The molecule has 3 atom stereocenters. The van der Waals surface area contributed by atoms with Crippen molar-refractivity contribution in [2.75, 3.05) is 0 Å². The number of alkyl carbamates (subject to hydrolysis) is 1. The van der Waals surface area contributed by atoms with Crippen LogP contribution in [0.1, 0.15) is 20.8 Å². The van der Waals surface area contributed by atoms with E-state index in [0.29, 0.717) is 0 Å². The highest BCUT2D eigenvalue weighted by Crippen LogP contribution is 2.21.